The molecule has 0 unspecified atom stereocenters. The van der Waals surface area contributed by atoms with E-state index in [4.69, 9.17) is 32.7 Å². The minimum Gasteiger partial charge on any atom is -0.468 e. The van der Waals surface area contributed by atoms with Gasteiger partial charge in [-0.25, -0.2) is 9.18 Å². The highest BCUT2D eigenvalue weighted by molar-refractivity contribution is 9.10. The normalized spacial score (nSPS) is 20.3. The van der Waals surface area contributed by atoms with E-state index in [-0.39, 0.29) is 56.2 Å². The second-order valence-corrected chi connectivity index (χ2v) is 11.0. The molecule has 0 aromatic heterocycles. The van der Waals surface area contributed by atoms with Crippen LogP contribution in [-0.4, -0.2) is 30.8 Å². The summed E-state index contributed by atoms with van der Waals surface area (Å²) in [7, 11) is 1.20. The number of carbonyl (C=O) groups excluding carboxylic acids is 2. The Morgan fingerprint density at radius 1 is 1.37 bits per heavy atom. The van der Waals surface area contributed by atoms with Crippen LogP contribution in [0, 0.1) is 16.1 Å². The Labute approximate surface area is 222 Å². The highest BCUT2D eigenvalue weighted by Gasteiger charge is 2.56. The fourth-order valence-corrected chi connectivity index (χ4v) is 4.89. The van der Waals surface area contributed by atoms with Gasteiger partial charge >= 0.3 is 12.1 Å². The lowest BCUT2D eigenvalue weighted by Gasteiger charge is -2.47. The van der Waals surface area contributed by atoms with Gasteiger partial charge in [0.15, 0.2) is 0 Å². The lowest BCUT2D eigenvalue weighted by atomic mass is 9.58. The Hall–Kier alpha value is -1.97. The second-order valence-electron chi connectivity index (χ2n) is 9.31. The van der Waals surface area contributed by atoms with Crippen LogP contribution in [0.15, 0.2) is 33.0 Å². The van der Waals surface area contributed by atoms with Crippen molar-refractivity contribution in [3.05, 3.63) is 54.7 Å². The molecule has 2 rings (SSSR count). The number of carbonyl (C=O) groups is 2. The second kappa shape index (κ2) is 11.4. The van der Waals surface area contributed by atoms with Crippen LogP contribution >= 0.6 is 39.1 Å². The lowest BCUT2D eigenvalue weighted by molar-refractivity contribution is -0.154. The molecule has 35 heavy (non-hydrogen) atoms. The number of methoxy groups -OCH3 is 1. The van der Waals surface area contributed by atoms with E-state index in [1.54, 1.807) is 20.8 Å². The molecular weight excluding hydrogens is 566 g/mol. The predicted molar refractivity (Wildman–Crippen MR) is 138 cm³/mol. The molecule has 0 atom stereocenters. The van der Waals surface area contributed by atoms with Crippen LogP contribution in [0.2, 0.25) is 5.02 Å². The fraction of sp³-hybridized carbons (Fsp3) is 0.500. The first-order valence-corrected chi connectivity index (χ1v) is 12.4. The molecule has 1 aliphatic carbocycles. The van der Waals surface area contributed by atoms with Gasteiger partial charge in [0.05, 0.1) is 27.1 Å². The van der Waals surface area contributed by atoms with Gasteiger partial charge in [-0.1, -0.05) is 43.1 Å². The zero-order valence-corrected chi connectivity index (χ0v) is 23.3. The molecule has 0 bridgehead atoms. The zero-order chi connectivity index (χ0) is 26.7. The van der Waals surface area contributed by atoms with Crippen molar-refractivity contribution < 1.29 is 23.5 Å². The van der Waals surface area contributed by atoms with Gasteiger partial charge in [-0.05, 0) is 78.3 Å². The standard InChI is InChI=1S/C24H28BrCl2FN2O5/c1-7-8-14-15(9-16(27)18(25)19(14)28)17(20(30-33)12(2)26)24(21(31)34-6)10-13(11-24)29-22(32)35-23(3,4)5/h9,13H,2,7-8,10-11H2,1,3-6H3,(H,29,32)/b20-17-. The Bertz CT molecular complexity index is 1080. The number of hydrogen-bond acceptors (Lipinski definition) is 6. The molecule has 1 N–H and O–H groups in total. The average Bonchev–Trinajstić information content (AvgIpc) is 2.73. The Morgan fingerprint density at radius 2 is 1.97 bits per heavy atom. The van der Waals surface area contributed by atoms with Gasteiger partial charge in [-0.2, -0.15) is 0 Å². The van der Waals surface area contributed by atoms with Crippen LogP contribution in [0.3, 0.4) is 0 Å². The lowest BCUT2D eigenvalue weighted by Crippen LogP contribution is -2.56. The SMILES string of the molecule is C=C(Cl)/C(N=O)=C(\c1cc(Cl)c(Br)c(F)c1CCC)C1(C(=O)OC)CC(NC(=O)OC(C)(C)C)C1. The average molecular weight is 594 g/mol. The first-order valence-electron chi connectivity index (χ1n) is 10.9. The summed E-state index contributed by atoms with van der Waals surface area (Å²) in [6.07, 6.45) is 0.228. The van der Waals surface area contributed by atoms with Crippen molar-refractivity contribution in [2.75, 3.05) is 7.11 Å². The number of nitrogens with one attached hydrogen (secondary N) is 1. The van der Waals surface area contributed by atoms with E-state index in [1.165, 1.54) is 13.2 Å². The first kappa shape index (κ1) is 29.3. The molecule has 1 amide bonds. The summed E-state index contributed by atoms with van der Waals surface area (Å²) in [5, 5.41) is 5.55. The number of amides is 1. The topological polar surface area (TPSA) is 94.1 Å². The van der Waals surface area contributed by atoms with Crippen molar-refractivity contribution in [3.8, 4) is 0 Å². The van der Waals surface area contributed by atoms with Crippen molar-refractivity contribution >= 4 is 56.8 Å². The molecule has 1 aromatic carbocycles. The van der Waals surface area contributed by atoms with Crippen molar-refractivity contribution in [2.45, 2.75) is 65.0 Å². The van der Waals surface area contributed by atoms with E-state index in [0.717, 1.165) is 0 Å². The van der Waals surface area contributed by atoms with Crippen LogP contribution < -0.4 is 5.32 Å². The number of rotatable bonds is 8. The van der Waals surface area contributed by atoms with Gasteiger partial charge in [0.25, 0.3) is 0 Å². The number of nitrogens with zero attached hydrogens (tertiary/aromatic N) is 1. The summed E-state index contributed by atoms with van der Waals surface area (Å²) >= 11 is 15.6. The maximum Gasteiger partial charge on any atom is 0.407 e. The van der Waals surface area contributed by atoms with E-state index >= 15 is 4.39 Å². The number of nitroso groups, excluding NO2 is 1. The van der Waals surface area contributed by atoms with Crippen LogP contribution in [0.25, 0.3) is 5.57 Å². The van der Waals surface area contributed by atoms with E-state index < -0.39 is 34.9 Å². The smallest absolute Gasteiger partial charge is 0.407 e. The van der Waals surface area contributed by atoms with Crippen molar-refractivity contribution in [3.63, 3.8) is 0 Å². The zero-order valence-electron chi connectivity index (χ0n) is 20.2. The van der Waals surface area contributed by atoms with Gasteiger partial charge in [0.2, 0.25) is 0 Å². The highest BCUT2D eigenvalue weighted by atomic mass is 79.9. The molecule has 1 fully saturated rings. The van der Waals surface area contributed by atoms with Gasteiger partial charge < -0.3 is 14.8 Å². The Balaban J connectivity index is 2.72. The molecule has 0 saturated heterocycles. The molecule has 0 heterocycles. The van der Waals surface area contributed by atoms with Crippen LogP contribution in [0.4, 0.5) is 9.18 Å². The van der Waals surface area contributed by atoms with Crippen LogP contribution in [-0.2, 0) is 20.7 Å². The van der Waals surface area contributed by atoms with E-state index in [9.17, 15) is 14.5 Å². The maximum absolute atomic E-state index is 15.3. The molecule has 192 valence electrons. The minimum absolute atomic E-state index is 0.0261. The van der Waals surface area contributed by atoms with Crippen molar-refractivity contribution in [2.24, 2.45) is 10.6 Å². The van der Waals surface area contributed by atoms with Gasteiger partial charge in [-0.3, -0.25) is 4.79 Å². The Morgan fingerprint density at radius 3 is 2.43 bits per heavy atom. The molecule has 0 aliphatic heterocycles. The summed E-state index contributed by atoms with van der Waals surface area (Å²) in [5.74, 6) is -1.32. The van der Waals surface area contributed by atoms with E-state index in [2.05, 4.69) is 33.0 Å². The molecule has 1 saturated carbocycles. The number of allylic oxidation sites excluding steroid dienone is 1. The molecule has 1 aliphatic rings. The molecular formula is C24H28BrCl2FN2O5. The summed E-state index contributed by atoms with van der Waals surface area (Å²) in [5.41, 5.74) is -2.02. The molecule has 0 radical (unpaired) electrons. The number of ether oxygens (including phenoxy) is 2. The number of hydrogen-bond donors (Lipinski definition) is 1. The largest absolute Gasteiger partial charge is 0.468 e. The predicted octanol–water partition coefficient (Wildman–Crippen LogP) is 7.27. The van der Waals surface area contributed by atoms with E-state index in [1.807, 2.05) is 6.92 Å². The van der Waals surface area contributed by atoms with Crippen LogP contribution in [0.5, 0.6) is 0 Å². The quantitative estimate of drug-likeness (QED) is 0.148. The number of esters is 1. The first-order chi connectivity index (χ1) is 16.2. The third-order valence-electron chi connectivity index (χ3n) is 5.58. The van der Waals surface area contributed by atoms with Crippen LogP contribution in [0.1, 0.15) is 58.1 Å². The molecule has 0 spiro atoms. The monoisotopic (exact) mass is 592 g/mol. The Kier molecular flexibility index (Phi) is 9.52. The van der Waals surface area contributed by atoms with Crippen molar-refractivity contribution in [1.29, 1.82) is 0 Å². The number of benzene rings is 1. The molecule has 1 aromatic rings. The van der Waals surface area contributed by atoms with Gasteiger partial charge in [-0.15, -0.1) is 4.91 Å². The summed E-state index contributed by atoms with van der Waals surface area (Å²) in [4.78, 5) is 37.4. The third kappa shape index (κ3) is 6.24. The van der Waals surface area contributed by atoms with Crippen molar-refractivity contribution in [1.82, 2.24) is 5.32 Å². The van der Waals surface area contributed by atoms with E-state index in [0.29, 0.717) is 6.42 Å². The summed E-state index contributed by atoms with van der Waals surface area (Å²) in [6, 6.07) is 0.958. The number of halogens is 4. The number of alkyl carbamates (subject to hydrolysis) is 1. The fourth-order valence-electron chi connectivity index (χ4n) is 4.22. The highest BCUT2D eigenvalue weighted by Crippen LogP contribution is 2.56. The maximum atomic E-state index is 15.3. The minimum atomic E-state index is -1.47. The van der Waals surface area contributed by atoms with Gasteiger partial charge in [0.1, 0.15) is 17.1 Å². The molecule has 7 nitrogen and oxygen atoms in total. The van der Waals surface area contributed by atoms with Gasteiger partial charge in [0, 0.05) is 11.6 Å². The summed E-state index contributed by atoms with van der Waals surface area (Å²) < 4.78 is 25.8. The molecule has 11 heteroatoms. The summed E-state index contributed by atoms with van der Waals surface area (Å²) in [6.45, 7) is 10.6. The third-order valence-corrected chi connectivity index (χ3v) is 7.06.